The van der Waals surface area contributed by atoms with Crippen molar-refractivity contribution in [3.63, 3.8) is 0 Å². The molecule has 1 aliphatic heterocycles. The lowest BCUT2D eigenvalue weighted by Crippen LogP contribution is -2.49. The highest BCUT2D eigenvalue weighted by atomic mass is 127. The van der Waals surface area contributed by atoms with Gasteiger partial charge < -0.3 is 11.1 Å². The Bertz CT molecular complexity index is 281. The summed E-state index contributed by atoms with van der Waals surface area (Å²) in [5.74, 6) is 0.623. The van der Waals surface area contributed by atoms with E-state index >= 15 is 0 Å². The first-order valence-electron chi connectivity index (χ1n) is 6.89. The number of nitrogens with one attached hydrogen (secondary N) is 1. The van der Waals surface area contributed by atoms with Crippen molar-refractivity contribution in [2.24, 2.45) is 10.7 Å². The number of aliphatic imine (C=N–C) groups is 1. The summed E-state index contributed by atoms with van der Waals surface area (Å²) in [6, 6.07) is 0.594. The van der Waals surface area contributed by atoms with Crippen LogP contribution in [0.4, 0.5) is 0 Å². The van der Waals surface area contributed by atoms with Gasteiger partial charge in [0, 0.05) is 11.6 Å². The molecule has 2 fully saturated rings. The molecule has 2 aliphatic rings. The summed E-state index contributed by atoms with van der Waals surface area (Å²) in [4.78, 5) is 7.04. The Morgan fingerprint density at radius 2 is 1.89 bits per heavy atom. The minimum atomic E-state index is 0. The van der Waals surface area contributed by atoms with E-state index in [1.165, 1.54) is 45.2 Å². The molecule has 106 valence electrons. The third kappa shape index (κ3) is 4.91. The fraction of sp³-hybridized carbons (Fsp3) is 0.923. The average Bonchev–Trinajstić information content (AvgIpc) is 3.12. The molecule has 0 bridgehead atoms. The van der Waals surface area contributed by atoms with Crippen LogP contribution in [0.3, 0.4) is 0 Å². The lowest BCUT2D eigenvalue weighted by Gasteiger charge is -2.40. The first kappa shape index (κ1) is 16.0. The summed E-state index contributed by atoms with van der Waals surface area (Å²) >= 11 is 0. The smallest absolute Gasteiger partial charge is 0.188 e. The van der Waals surface area contributed by atoms with E-state index in [9.17, 15) is 0 Å². The van der Waals surface area contributed by atoms with Gasteiger partial charge in [-0.15, -0.1) is 24.0 Å². The van der Waals surface area contributed by atoms with Gasteiger partial charge in [-0.1, -0.05) is 6.42 Å². The molecule has 0 amide bonds. The number of halogens is 1. The number of rotatable bonds is 4. The lowest BCUT2D eigenvalue weighted by molar-refractivity contribution is 0.102. The molecule has 4 nitrogen and oxygen atoms in total. The number of hydrogen-bond donors (Lipinski definition) is 2. The van der Waals surface area contributed by atoms with E-state index < -0.39 is 0 Å². The SMILES string of the molecule is CC(C)(CN=C(N)NC1CC1)N1CCCCC1.I. The molecule has 18 heavy (non-hydrogen) atoms. The summed E-state index contributed by atoms with van der Waals surface area (Å²) < 4.78 is 0. The summed E-state index contributed by atoms with van der Waals surface area (Å²) in [5.41, 5.74) is 6.01. The van der Waals surface area contributed by atoms with Crippen molar-refractivity contribution >= 4 is 29.9 Å². The third-order valence-corrected chi connectivity index (χ3v) is 3.78. The second-order valence-corrected chi connectivity index (χ2v) is 5.98. The zero-order chi connectivity index (χ0) is 12.3. The van der Waals surface area contributed by atoms with Gasteiger partial charge in [0.1, 0.15) is 0 Å². The van der Waals surface area contributed by atoms with E-state index in [0.717, 1.165) is 6.54 Å². The highest BCUT2D eigenvalue weighted by Gasteiger charge is 2.28. The standard InChI is InChI=1S/C13H26N4.HI/c1-13(2,17-8-4-3-5-9-17)10-15-12(14)16-11-6-7-11;/h11H,3-10H2,1-2H3,(H3,14,15,16);1H. The predicted octanol–water partition coefficient (Wildman–Crippen LogP) is 1.94. The van der Waals surface area contributed by atoms with Crippen molar-refractivity contribution in [2.45, 2.75) is 57.5 Å². The van der Waals surface area contributed by atoms with Crippen LogP contribution >= 0.6 is 24.0 Å². The van der Waals surface area contributed by atoms with Crippen LogP contribution in [0.1, 0.15) is 46.0 Å². The average molecular weight is 366 g/mol. The van der Waals surface area contributed by atoms with E-state index in [1.54, 1.807) is 0 Å². The number of piperidine rings is 1. The monoisotopic (exact) mass is 366 g/mol. The third-order valence-electron chi connectivity index (χ3n) is 3.78. The lowest BCUT2D eigenvalue weighted by atomic mass is 9.99. The van der Waals surface area contributed by atoms with Crippen molar-refractivity contribution in [1.29, 1.82) is 0 Å². The van der Waals surface area contributed by atoms with Gasteiger partial charge in [-0.3, -0.25) is 9.89 Å². The largest absolute Gasteiger partial charge is 0.370 e. The molecular formula is C13H27IN4. The van der Waals surface area contributed by atoms with Crippen molar-refractivity contribution in [3.8, 4) is 0 Å². The molecule has 0 aromatic carbocycles. The summed E-state index contributed by atoms with van der Waals surface area (Å²) in [7, 11) is 0. The summed E-state index contributed by atoms with van der Waals surface area (Å²) in [5, 5.41) is 3.24. The Hall–Kier alpha value is -0.0400. The Morgan fingerprint density at radius 3 is 2.44 bits per heavy atom. The molecule has 1 aliphatic carbocycles. The van der Waals surface area contributed by atoms with E-state index in [4.69, 9.17) is 5.73 Å². The maximum absolute atomic E-state index is 5.87. The van der Waals surface area contributed by atoms with Crippen molar-refractivity contribution < 1.29 is 0 Å². The van der Waals surface area contributed by atoms with Gasteiger partial charge in [-0.25, -0.2) is 0 Å². The van der Waals surface area contributed by atoms with E-state index in [2.05, 4.69) is 29.1 Å². The van der Waals surface area contributed by atoms with Gasteiger partial charge in [0.25, 0.3) is 0 Å². The zero-order valence-corrected chi connectivity index (χ0v) is 13.9. The number of nitrogens with zero attached hydrogens (tertiary/aromatic N) is 2. The Labute approximate surface area is 128 Å². The topological polar surface area (TPSA) is 53.6 Å². The number of nitrogens with two attached hydrogens (primary N) is 1. The molecule has 1 saturated carbocycles. The first-order valence-corrected chi connectivity index (χ1v) is 6.89. The zero-order valence-electron chi connectivity index (χ0n) is 11.6. The molecule has 1 heterocycles. The number of hydrogen-bond acceptors (Lipinski definition) is 2. The minimum absolute atomic E-state index is 0. The van der Waals surface area contributed by atoms with Crippen LogP contribution in [-0.4, -0.2) is 42.1 Å². The first-order chi connectivity index (χ1) is 8.08. The summed E-state index contributed by atoms with van der Waals surface area (Å²) in [6.45, 7) is 7.74. The van der Waals surface area contributed by atoms with Gasteiger partial charge in [-0.05, 0) is 52.6 Å². The maximum Gasteiger partial charge on any atom is 0.188 e. The van der Waals surface area contributed by atoms with E-state index in [0.29, 0.717) is 12.0 Å². The van der Waals surface area contributed by atoms with Crippen LogP contribution in [0.5, 0.6) is 0 Å². The normalized spacial score (nSPS) is 22.4. The Balaban J connectivity index is 0.00000162. The number of guanidine groups is 1. The van der Waals surface area contributed by atoms with E-state index in [-0.39, 0.29) is 29.5 Å². The molecule has 0 aromatic rings. The number of likely N-dealkylation sites (tertiary alicyclic amines) is 1. The van der Waals surface area contributed by atoms with Crippen molar-refractivity contribution in [3.05, 3.63) is 0 Å². The van der Waals surface area contributed by atoms with E-state index in [1.807, 2.05) is 0 Å². The molecule has 3 N–H and O–H groups in total. The molecule has 0 atom stereocenters. The van der Waals surface area contributed by atoms with Crippen LogP contribution in [0.25, 0.3) is 0 Å². The van der Waals surface area contributed by atoms with Crippen molar-refractivity contribution in [1.82, 2.24) is 10.2 Å². The fourth-order valence-electron chi connectivity index (χ4n) is 2.36. The second kappa shape index (κ2) is 6.93. The minimum Gasteiger partial charge on any atom is -0.370 e. The highest BCUT2D eigenvalue weighted by Crippen LogP contribution is 2.21. The van der Waals surface area contributed by atoms with Crippen LogP contribution in [0, 0.1) is 0 Å². The molecule has 0 spiro atoms. The molecular weight excluding hydrogens is 339 g/mol. The molecule has 0 radical (unpaired) electrons. The van der Waals surface area contributed by atoms with Gasteiger partial charge in [0.15, 0.2) is 5.96 Å². The maximum atomic E-state index is 5.87. The van der Waals surface area contributed by atoms with Gasteiger partial charge in [0.05, 0.1) is 6.54 Å². The second-order valence-electron chi connectivity index (χ2n) is 5.98. The van der Waals surface area contributed by atoms with Crippen LogP contribution in [0.15, 0.2) is 4.99 Å². The van der Waals surface area contributed by atoms with Crippen LogP contribution in [0.2, 0.25) is 0 Å². The van der Waals surface area contributed by atoms with Crippen LogP contribution < -0.4 is 11.1 Å². The molecule has 0 aromatic heterocycles. The molecule has 5 heteroatoms. The van der Waals surface area contributed by atoms with Crippen LogP contribution in [-0.2, 0) is 0 Å². The molecule has 1 saturated heterocycles. The fourth-order valence-corrected chi connectivity index (χ4v) is 2.36. The predicted molar refractivity (Wildman–Crippen MR) is 87.6 cm³/mol. The van der Waals surface area contributed by atoms with Gasteiger partial charge >= 0.3 is 0 Å². The van der Waals surface area contributed by atoms with Gasteiger partial charge in [-0.2, -0.15) is 0 Å². The summed E-state index contributed by atoms with van der Waals surface area (Å²) in [6.07, 6.45) is 6.50. The van der Waals surface area contributed by atoms with Gasteiger partial charge in [0.2, 0.25) is 0 Å². The Morgan fingerprint density at radius 1 is 1.28 bits per heavy atom. The molecule has 0 unspecified atom stereocenters. The van der Waals surface area contributed by atoms with Crippen molar-refractivity contribution in [2.75, 3.05) is 19.6 Å². The molecule has 2 rings (SSSR count). The highest BCUT2D eigenvalue weighted by molar-refractivity contribution is 14.0. The Kier molecular flexibility index (Phi) is 6.17. The quantitative estimate of drug-likeness (QED) is 0.454.